The highest BCUT2D eigenvalue weighted by Crippen LogP contribution is 2.38. The van der Waals surface area contributed by atoms with Crippen LogP contribution < -0.4 is 10.4 Å². The maximum absolute atomic E-state index is 13.7. The summed E-state index contributed by atoms with van der Waals surface area (Å²) in [6.07, 6.45) is 12.0. The lowest BCUT2D eigenvalue weighted by Gasteiger charge is -2.19. The molecular weight excluding hydrogens is 692 g/mol. The van der Waals surface area contributed by atoms with Crippen molar-refractivity contribution in [2.75, 3.05) is 11.6 Å². The lowest BCUT2D eigenvalue weighted by atomic mass is 10.1. The van der Waals surface area contributed by atoms with Crippen molar-refractivity contribution in [3.63, 3.8) is 0 Å². The number of halogens is 4. The number of amidine groups is 1. The fourth-order valence-electron chi connectivity index (χ4n) is 5.18. The number of rotatable bonds is 16. The van der Waals surface area contributed by atoms with Gasteiger partial charge in [0.05, 0.1) is 38.6 Å². The number of azo groups is 1. The summed E-state index contributed by atoms with van der Waals surface area (Å²) in [5.74, 6) is -0.844. The highest BCUT2D eigenvalue weighted by Gasteiger charge is 2.41. The first-order valence-electron chi connectivity index (χ1n) is 16.4. The minimum atomic E-state index is -1.17. The van der Waals surface area contributed by atoms with Crippen LogP contribution in [0.5, 0.6) is 0 Å². The predicted octanol–water partition coefficient (Wildman–Crippen LogP) is 11.7. The number of benzene rings is 3. The van der Waals surface area contributed by atoms with Crippen molar-refractivity contribution < 1.29 is 14.3 Å². The quantitative estimate of drug-likeness (QED) is 0.0900. The minimum absolute atomic E-state index is 0.132. The molecule has 12 heteroatoms. The van der Waals surface area contributed by atoms with E-state index in [0.29, 0.717) is 28.6 Å². The zero-order valence-electron chi connectivity index (χ0n) is 27.5. The molecule has 0 radical (unpaired) electrons. The molecule has 1 aliphatic rings. The molecule has 1 atom stereocenters. The van der Waals surface area contributed by atoms with Crippen LogP contribution in [0, 0.1) is 13.8 Å². The maximum atomic E-state index is 13.7. The van der Waals surface area contributed by atoms with Crippen LogP contribution in [0.1, 0.15) is 92.6 Å². The largest absolute Gasteiger partial charge is 0.462 e. The summed E-state index contributed by atoms with van der Waals surface area (Å²) >= 11 is 25.6. The van der Waals surface area contributed by atoms with E-state index in [9.17, 15) is 9.59 Å². The average Bonchev–Trinajstić information content (AvgIpc) is 3.34. The molecular formula is C36H41Cl4N5O3. The van der Waals surface area contributed by atoms with Gasteiger partial charge in [0.15, 0.2) is 5.84 Å². The molecule has 256 valence electrons. The molecule has 48 heavy (non-hydrogen) atoms. The second-order valence-electron chi connectivity index (χ2n) is 11.9. The van der Waals surface area contributed by atoms with Crippen molar-refractivity contribution in [1.82, 2.24) is 5.43 Å². The van der Waals surface area contributed by atoms with E-state index in [-0.39, 0.29) is 26.6 Å². The molecule has 0 aromatic heterocycles. The number of unbranched alkanes of at least 4 members (excludes halogenated alkanes) is 9. The number of hydrogen-bond donors (Lipinski definition) is 1. The van der Waals surface area contributed by atoms with E-state index in [1.165, 1.54) is 63.1 Å². The molecule has 1 heterocycles. The van der Waals surface area contributed by atoms with Crippen molar-refractivity contribution in [3.05, 3.63) is 85.3 Å². The number of nitrogens with zero attached hydrogens (tertiary/aromatic N) is 4. The maximum Gasteiger partial charge on any atom is 0.338 e. The SMILES string of the molecule is CCCCCCCCCCCCOC(=O)c1ccc(N=C2NN(c3c(Cl)cc(Cl)cc3Cl)C(=O)C2N=Nc2ccc(C)c(C)c2)c(Cl)c1. The summed E-state index contributed by atoms with van der Waals surface area (Å²) in [5, 5.41) is 10.6. The van der Waals surface area contributed by atoms with Crippen LogP contribution in [-0.2, 0) is 9.53 Å². The summed E-state index contributed by atoms with van der Waals surface area (Å²) in [6.45, 7) is 6.54. The van der Waals surface area contributed by atoms with Gasteiger partial charge in [0, 0.05) is 5.02 Å². The molecule has 8 nitrogen and oxygen atoms in total. The number of carbonyl (C=O) groups is 2. The van der Waals surface area contributed by atoms with Crippen LogP contribution in [0.2, 0.25) is 20.1 Å². The summed E-state index contributed by atoms with van der Waals surface area (Å²) in [4.78, 5) is 31.0. The van der Waals surface area contributed by atoms with Crippen LogP contribution in [0.25, 0.3) is 0 Å². The average molecular weight is 734 g/mol. The molecule has 1 N–H and O–H groups in total. The molecule has 0 aliphatic carbocycles. The molecule has 0 spiro atoms. The van der Waals surface area contributed by atoms with Crippen molar-refractivity contribution in [2.45, 2.75) is 91.0 Å². The molecule has 3 aromatic rings. The van der Waals surface area contributed by atoms with Crippen molar-refractivity contribution >= 4 is 81.2 Å². The summed E-state index contributed by atoms with van der Waals surface area (Å²) in [6, 6.07) is 12.1. The Morgan fingerprint density at radius 3 is 2.08 bits per heavy atom. The monoisotopic (exact) mass is 731 g/mol. The Bertz CT molecular complexity index is 1640. The number of anilines is 1. The third-order valence-corrected chi connectivity index (χ3v) is 9.18. The smallest absolute Gasteiger partial charge is 0.338 e. The van der Waals surface area contributed by atoms with Gasteiger partial charge in [-0.15, -0.1) is 0 Å². The van der Waals surface area contributed by atoms with Gasteiger partial charge < -0.3 is 4.74 Å². The van der Waals surface area contributed by atoms with E-state index in [2.05, 4.69) is 27.6 Å². The van der Waals surface area contributed by atoms with E-state index >= 15 is 0 Å². The van der Waals surface area contributed by atoms with Gasteiger partial charge in [-0.05, 0) is 73.9 Å². The van der Waals surface area contributed by atoms with E-state index in [1.807, 2.05) is 32.0 Å². The van der Waals surface area contributed by atoms with Gasteiger partial charge >= 0.3 is 5.97 Å². The summed E-state index contributed by atoms with van der Waals surface area (Å²) in [5.41, 5.74) is 6.47. The molecule has 0 bridgehead atoms. The highest BCUT2D eigenvalue weighted by molar-refractivity contribution is 6.43. The third-order valence-electron chi connectivity index (χ3n) is 8.08. The predicted molar refractivity (Wildman–Crippen MR) is 197 cm³/mol. The van der Waals surface area contributed by atoms with E-state index in [1.54, 1.807) is 12.1 Å². The number of esters is 1. The number of carbonyl (C=O) groups excluding carboxylic acids is 2. The topological polar surface area (TPSA) is 95.7 Å². The molecule has 1 fully saturated rings. The molecule has 0 saturated carbocycles. The standard InChI is InChI=1S/C36H41Cl4N5O3/c1-4-5-6-7-8-9-10-11-12-13-18-48-36(47)25-15-17-31(28(38)20-25)41-34-32(43-42-27-16-14-23(2)24(3)19-27)35(46)45(44-34)33-29(39)21-26(37)22-30(33)40/h14-17,19-22,32H,4-13,18H2,1-3H3,(H,41,44). The first kappa shape index (κ1) is 37.6. The van der Waals surface area contributed by atoms with Crippen LogP contribution in [0.4, 0.5) is 17.1 Å². The fourth-order valence-corrected chi connectivity index (χ4v) is 6.39. The fraction of sp³-hybridized carbons (Fsp3) is 0.417. The number of amides is 1. The normalized spacial score (nSPS) is 15.5. The van der Waals surface area contributed by atoms with Crippen LogP contribution in [0.15, 0.2) is 63.8 Å². The highest BCUT2D eigenvalue weighted by atomic mass is 35.5. The van der Waals surface area contributed by atoms with Crippen LogP contribution >= 0.6 is 46.4 Å². The van der Waals surface area contributed by atoms with E-state index in [0.717, 1.165) is 35.4 Å². The Hall–Kier alpha value is -3.17. The zero-order valence-corrected chi connectivity index (χ0v) is 30.5. The van der Waals surface area contributed by atoms with Gasteiger partial charge in [0.25, 0.3) is 5.91 Å². The zero-order chi connectivity index (χ0) is 34.6. The Morgan fingerprint density at radius 2 is 1.46 bits per heavy atom. The summed E-state index contributed by atoms with van der Waals surface area (Å²) < 4.78 is 5.48. The minimum Gasteiger partial charge on any atom is -0.462 e. The molecule has 1 aliphatic heterocycles. The van der Waals surface area contributed by atoms with Crippen molar-refractivity contribution in [2.24, 2.45) is 15.2 Å². The third kappa shape index (κ3) is 10.4. The Labute approximate surface area is 302 Å². The number of ether oxygens (including phenoxy) is 1. The second-order valence-corrected chi connectivity index (χ2v) is 13.5. The molecule has 3 aromatic carbocycles. The lowest BCUT2D eigenvalue weighted by molar-refractivity contribution is -0.117. The molecule has 4 rings (SSSR count). The molecule has 1 amide bonds. The van der Waals surface area contributed by atoms with Crippen LogP contribution in [0.3, 0.4) is 0 Å². The number of nitrogens with one attached hydrogen (secondary N) is 1. The Morgan fingerprint density at radius 1 is 0.812 bits per heavy atom. The van der Waals surface area contributed by atoms with Crippen LogP contribution in [-0.4, -0.2) is 30.4 Å². The van der Waals surface area contributed by atoms with Gasteiger partial charge in [0.2, 0.25) is 6.04 Å². The molecule has 1 saturated heterocycles. The summed E-state index contributed by atoms with van der Waals surface area (Å²) in [7, 11) is 0. The number of aryl methyl sites for hydroxylation is 2. The molecule has 1 unspecified atom stereocenters. The second kappa shape index (κ2) is 18.6. The van der Waals surface area contributed by atoms with Gasteiger partial charge in [-0.25, -0.2) is 14.8 Å². The van der Waals surface area contributed by atoms with Crippen molar-refractivity contribution in [3.8, 4) is 0 Å². The number of hydrogen-bond acceptors (Lipinski definition) is 6. The first-order valence-corrected chi connectivity index (χ1v) is 17.9. The van der Waals surface area contributed by atoms with Gasteiger partial charge in [-0.3, -0.25) is 10.2 Å². The van der Waals surface area contributed by atoms with Gasteiger partial charge in [-0.2, -0.15) is 10.2 Å². The Kier molecular flexibility index (Phi) is 14.6. The Balaban J connectivity index is 1.44. The lowest BCUT2D eigenvalue weighted by Crippen LogP contribution is -2.36. The van der Waals surface area contributed by atoms with Gasteiger partial charge in [0.1, 0.15) is 5.69 Å². The number of aliphatic imine (C=N–C) groups is 1. The van der Waals surface area contributed by atoms with E-state index < -0.39 is 17.9 Å². The first-order chi connectivity index (χ1) is 23.1. The van der Waals surface area contributed by atoms with E-state index in [4.69, 9.17) is 51.1 Å². The van der Waals surface area contributed by atoms with Crippen molar-refractivity contribution in [1.29, 1.82) is 0 Å². The number of hydrazine groups is 1. The van der Waals surface area contributed by atoms with Gasteiger partial charge in [-0.1, -0.05) is 117 Å².